The van der Waals surface area contributed by atoms with E-state index in [9.17, 15) is 4.79 Å². The lowest BCUT2D eigenvalue weighted by Gasteiger charge is -2.44. The molecule has 0 aliphatic carbocycles. The first-order valence-electron chi connectivity index (χ1n) is 9.77. The molecule has 0 saturated carbocycles. The minimum absolute atomic E-state index is 0. The molecule has 3 heterocycles. The Morgan fingerprint density at radius 3 is 2.50 bits per heavy atom. The van der Waals surface area contributed by atoms with Crippen molar-refractivity contribution in [2.45, 2.75) is 30.9 Å². The van der Waals surface area contributed by atoms with Crippen LogP contribution in [0, 0.1) is 0 Å². The zero-order chi connectivity index (χ0) is 19.7. The van der Waals surface area contributed by atoms with Crippen molar-refractivity contribution in [3.8, 4) is 0 Å². The van der Waals surface area contributed by atoms with Crippen molar-refractivity contribution in [3.63, 3.8) is 0 Å². The highest BCUT2D eigenvalue weighted by molar-refractivity contribution is 5.85. The summed E-state index contributed by atoms with van der Waals surface area (Å²) in [5, 5.41) is 0. The summed E-state index contributed by atoms with van der Waals surface area (Å²) in [5.41, 5.74) is 8.76. The lowest BCUT2D eigenvalue weighted by molar-refractivity contribution is -0.142. The van der Waals surface area contributed by atoms with Gasteiger partial charge < -0.3 is 20.3 Å². The molecule has 0 bridgehead atoms. The Balaban J connectivity index is 0.00000160. The van der Waals surface area contributed by atoms with Crippen molar-refractivity contribution in [1.82, 2.24) is 14.9 Å². The van der Waals surface area contributed by atoms with Crippen LogP contribution < -0.4 is 10.6 Å². The number of piperidine rings is 1. The average molecular weight is 454 g/mol. The highest BCUT2D eigenvalue weighted by atomic mass is 35.5. The molecule has 164 valence electrons. The van der Waals surface area contributed by atoms with Crippen LogP contribution in [0.25, 0.3) is 0 Å². The van der Waals surface area contributed by atoms with Crippen molar-refractivity contribution >= 4 is 36.7 Å². The third-order valence-corrected chi connectivity index (χ3v) is 5.74. The molecule has 2 aliphatic rings. The van der Waals surface area contributed by atoms with Crippen molar-refractivity contribution in [3.05, 3.63) is 53.3 Å². The number of carbonyl (C=O) groups excluding carboxylic acids is 1. The van der Waals surface area contributed by atoms with E-state index in [1.165, 1.54) is 0 Å². The summed E-state index contributed by atoms with van der Waals surface area (Å²) in [5.74, 6) is 0.655. The van der Waals surface area contributed by atoms with Crippen molar-refractivity contribution in [2.24, 2.45) is 5.73 Å². The smallest absolute Gasteiger partial charge is 0.244 e. The Morgan fingerprint density at radius 1 is 1.20 bits per heavy atom. The molecule has 1 atom stereocenters. The van der Waals surface area contributed by atoms with Crippen LogP contribution in [0.2, 0.25) is 0 Å². The van der Waals surface area contributed by atoms with Gasteiger partial charge in [0, 0.05) is 33.4 Å². The molecule has 9 heteroatoms. The first-order valence-corrected chi connectivity index (χ1v) is 9.77. The molecule has 1 fully saturated rings. The molecule has 1 amide bonds. The fraction of sp³-hybridized carbons (Fsp3) is 0.476. The number of nitrogens with two attached hydrogens (primary N) is 1. The van der Waals surface area contributed by atoms with Gasteiger partial charge in [-0.2, -0.15) is 0 Å². The van der Waals surface area contributed by atoms with E-state index in [1.807, 2.05) is 60.4 Å². The van der Waals surface area contributed by atoms with Crippen LogP contribution >= 0.6 is 24.8 Å². The Labute approximate surface area is 189 Å². The molecular weight excluding hydrogens is 425 g/mol. The fourth-order valence-corrected chi connectivity index (χ4v) is 4.08. The summed E-state index contributed by atoms with van der Waals surface area (Å²) in [7, 11) is 3.87. The van der Waals surface area contributed by atoms with Gasteiger partial charge in [0.25, 0.3) is 0 Å². The van der Waals surface area contributed by atoms with Crippen LogP contribution in [0.5, 0.6) is 0 Å². The molecule has 1 aromatic carbocycles. The second-order valence-electron chi connectivity index (χ2n) is 7.74. The fourth-order valence-electron chi connectivity index (χ4n) is 4.08. The van der Waals surface area contributed by atoms with E-state index in [4.69, 9.17) is 15.5 Å². The molecule has 4 rings (SSSR count). The first kappa shape index (κ1) is 24.3. The monoisotopic (exact) mass is 453 g/mol. The molecular formula is C21H29Cl2N5O2. The summed E-state index contributed by atoms with van der Waals surface area (Å²) >= 11 is 0. The number of nitrogens with zero attached hydrogens (tertiary/aromatic N) is 4. The van der Waals surface area contributed by atoms with E-state index in [1.54, 1.807) is 0 Å². The Kier molecular flexibility index (Phi) is 8.05. The number of benzene rings is 1. The van der Waals surface area contributed by atoms with E-state index in [2.05, 4.69) is 4.98 Å². The third kappa shape index (κ3) is 4.54. The van der Waals surface area contributed by atoms with Gasteiger partial charge >= 0.3 is 0 Å². The van der Waals surface area contributed by atoms with Gasteiger partial charge in [0.05, 0.1) is 12.3 Å². The second-order valence-corrected chi connectivity index (χ2v) is 7.74. The van der Waals surface area contributed by atoms with Gasteiger partial charge in [-0.1, -0.05) is 30.3 Å². The third-order valence-electron chi connectivity index (χ3n) is 5.74. The maximum Gasteiger partial charge on any atom is 0.244 e. The number of ether oxygens (including phenoxy) is 1. The molecule has 0 unspecified atom stereocenters. The largest absolute Gasteiger partial charge is 0.368 e. The molecule has 1 aromatic heterocycles. The highest BCUT2D eigenvalue weighted by Crippen LogP contribution is 2.41. The number of likely N-dealkylation sites (tertiary alicyclic amines) is 1. The Bertz CT molecular complexity index is 858. The molecule has 1 spiro atoms. The number of carbonyl (C=O) groups is 1. The van der Waals surface area contributed by atoms with Gasteiger partial charge in [0.2, 0.25) is 11.9 Å². The number of hydrogen-bond acceptors (Lipinski definition) is 6. The molecule has 7 nitrogen and oxygen atoms in total. The predicted molar refractivity (Wildman–Crippen MR) is 121 cm³/mol. The lowest BCUT2D eigenvalue weighted by atomic mass is 9.83. The van der Waals surface area contributed by atoms with Gasteiger partial charge in [-0.05, 0) is 30.4 Å². The predicted octanol–water partition coefficient (Wildman–Crippen LogP) is 2.48. The number of anilines is 1. The number of aromatic nitrogens is 2. The summed E-state index contributed by atoms with van der Waals surface area (Å²) in [6, 6.07) is 8.90. The molecule has 2 aliphatic heterocycles. The topological polar surface area (TPSA) is 84.6 Å². The number of amides is 1. The zero-order valence-electron chi connectivity index (χ0n) is 17.3. The van der Waals surface area contributed by atoms with E-state index in [-0.39, 0.29) is 30.7 Å². The van der Waals surface area contributed by atoms with Crippen LogP contribution in [0.15, 0.2) is 36.5 Å². The minimum atomic E-state index is -0.627. The van der Waals surface area contributed by atoms with Crippen molar-refractivity contribution in [1.29, 1.82) is 0 Å². The quantitative estimate of drug-likeness (QED) is 0.767. The van der Waals surface area contributed by atoms with Crippen LogP contribution in [0.1, 0.15) is 35.7 Å². The van der Waals surface area contributed by atoms with Gasteiger partial charge in [0.15, 0.2) is 0 Å². The summed E-state index contributed by atoms with van der Waals surface area (Å²) in [4.78, 5) is 25.9. The van der Waals surface area contributed by atoms with Gasteiger partial charge in [-0.15, -0.1) is 24.8 Å². The molecule has 1 saturated heterocycles. The van der Waals surface area contributed by atoms with E-state index in [0.717, 1.165) is 36.1 Å². The normalized spacial score (nSPS) is 17.9. The second kappa shape index (κ2) is 9.92. The SMILES string of the molecule is CN(C)c1ncc2c(n1)C1(CCN(C(=O)[C@@H](N)c3ccccc3)CC1)OCC2.Cl.Cl. The highest BCUT2D eigenvalue weighted by Gasteiger charge is 2.44. The maximum absolute atomic E-state index is 12.9. The van der Waals surface area contributed by atoms with Crippen molar-refractivity contribution in [2.75, 3.05) is 38.7 Å². The number of fused-ring (bicyclic) bond motifs is 2. The Hall–Kier alpha value is -1.93. The molecule has 2 aromatic rings. The van der Waals surface area contributed by atoms with Crippen LogP contribution in [-0.4, -0.2) is 54.6 Å². The van der Waals surface area contributed by atoms with Gasteiger partial charge in [-0.3, -0.25) is 4.79 Å². The number of rotatable bonds is 3. The summed E-state index contributed by atoms with van der Waals surface area (Å²) in [6.45, 7) is 1.88. The standard InChI is InChI=1S/C21H27N5O2.2ClH/c1-25(2)20-23-14-16-8-13-28-21(18(16)24-20)9-11-26(12-10-21)19(27)17(22)15-6-4-3-5-7-15;;/h3-7,14,17H,8-13,22H2,1-2H3;2*1H/t17-;;/m0../s1. The van der Waals surface area contributed by atoms with Crippen LogP contribution in [0.3, 0.4) is 0 Å². The van der Waals surface area contributed by atoms with Crippen LogP contribution in [0.4, 0.5) is 5.95 Å². The molecule has 30 heavy (non-hydrogen) atoms. The minimum Gasteiger partial charge on any atom is -0.368 e. The lowest BCUT2D eigenvalue weighted by Crippen LogP contribution is -2.50. The zero-order valence-corrected chi connectivity index (χ0v) is 18.9. The first-order chi connectivity index (χ1) is 13.5. The van der Waals surface area contributed by atoms with Crippen molar-refractivity contribution < 1.29 is 9.53 Å². The molecule has 2 N–H and O–H groups in total. The summed E-state index contributed by atoms with van der Waals surface area (Å²) < 4.78 is 6.26. The summed E-state index contributed by atoms with van der Waals surface area (Å²) in [6.07, 6.45) is 4.19. The molecule has 0 radical (unpaired) electrons. The average Bonchev–Trinajstić information content (AvgIpc) is 2.74. The van der Waals surface area contributed by atoms with Crippen LogP contribution in [-0.2, 0) is 21.6 Å². The van der Waals surface area contributed by atoms with E-state index < -0.39 is 11.6 Å². The Morgan fingerprint density at radius 2 is 1.87 bits per heavy atom. The number of halogens is 2. The van der Waals surface area contributed by atoms with E-state index >= 15 is 0 Å². The van der Waals surface area contributed by atoms with Gasteiger partial charge in [-0.25, -0.2) is 9.97 Å². The number of hydrogen-bond donors (Lipinski definition) is 1. The maximum atomic E-state index is 12.9. The van der Waals surface area contributed by atoms with E-state index in [0.29, 0.717) is 25.6 Å². The van der Waals surface area contributed by atoms with Gasteiger partial charge in [0.1, 0.15) is 11.6 Å².